The van der Waals surface area contributed by atoms with Crippen molar-refractivity contribution in [2.45, 2.75) is 46.1 Å². The van der Waals surface area contributed by atoms with Crippen LogP contribution >= 0.6 is 0 Å². The summed E-state index contributed by atoms with van der Waals surface area (Å²) in [6, 6.07) is 8.59. The summed E-state index contributed by atoms with van der Waals surface area (Å²) in [4.78, 5) is 14.4. The van der Waals surface area contributed by atoms with Gasteiger partial charge in [0.1, 0.15) is 0 Å². The number of rotatable bonds is 5. The molecule has 0 amide bonds. The summed E-state index contributed by atoms with van der Waals surface area (Å²) in [6.45, 7) is 8.12. The van der Waals surface area contributed by atoms with Crippen LogP contribution in [0.5, 0.6) is 0 Å². The van der Waals surface area contributed by atoms with Crippen molar-refractivity contribution in [3.63, 3.8) is 0 Å². The van der Waals surface area contributed by atoms with Crippen LogP contribution in [0.15, 0.2) is 36.7 Å². The molecule has 2 aromatic rings. The molecule has 4 nitrogen and oxygen atoms in total. The third kappa shape index (κ3) is 3.53. The molecule has 4 heteroatoms. The summed E-state index contributed by atoms with van der Waals surface area (Å²) >= 11 is 0. The van der Waals surface area contributed by atoms with Gasteiger partial charge in [0.15, 0.2) is 5.78 Å². The number of hydrogen-bond acceptors (Lipinski definition) is 3. The van der Waals surface area contributed by atoms with E-state index in [0.717, 1.165) is 37.9 Å². The van der Waals surface area contributed by atoms with Gasteiger partial charge in [-0.2, -0.15) is 5.10 Å². The minimum absolute atomic E-state index is 0.0497. The van der Waals surface area contributed by atoms with Crippen LogP contribution in [-0.4, -0.2) is 28.7 Å². The fraction of sp³-hybridized carbons (Fsp3) is 0.500. The van der Waals surface area contributed by atoms with E-state index in [0.29, 0.717) is 6.04 Å². The van der Waals surface area contributed by atoms with Crippen LogP contribution in [0.2, 0.25) is 0 Å². The second-order valence-electron chi connectivity index (χ2n) is 6.97. The van der Waals surface area contributed by atoms with E-state index in [1.54, 1.807) is 0 Å². The molecule has 1 aromatic carbocycles. The quantitative estimate of drug-likeness (QED) is 0.776. The number of anilines is 1. The van der Waals surface area contributed by atoms with Gasteiger partial charge < -0.3 is 4.90 Å². The lowest BCUT2D eigenvalue weighted by molar-refractivity contribution is 0.0939. The second kappa shape index (κ2) is 7.20. The fourth-order valence-electron chi connectivity index (χ4n) is 3.32. The SMILES string of the molecule is CCc1cnn(C2CCN(c3ccc(C(=O)C(C)C)cc3)CC2)c1. The smallest absolute Gasteiger partial charge is 0.165 e. The predicted octanol–water partition coefficient (Wildman–Crippen LogP) is 4.13. The number of aromatic nitrogens is 2. The monoisotopic (exact) mass is 325 g/mol. The molecule has 0 unspecified atom stereocenters. The van der Waals surface area contributed by atoms with Crippen LogP contribution in [0.4, 0.5) is 5.69 Å². The summed E-state index contributed by atoms with van der Waals surface area (Å²) in [7, 11) is 0. The van der Waals surface area contributed by atoms with Crippen LogP contribution in [0.1, 0.15) is 55.6 Å². The summed E-state index contributed by atoms with van der Waals surface area (Å²) in [6.07, 6.45) is 7.43. The van der Waals surface area contributed by atoms with Crippen molar-refractivity contribution < 1.29 is 4.79 Å². The number of Topliss-reactive ketones (excluding diaryl/α,β-unsaturated/α-hetero) is 1. The first-order valence-electron chi connectivity index (χ1n) is 9.00. The van der Waals surface area contributed by atoms with Crippen molar-refractivity contribution >= 4 is 11.5 Å². The average Bonchev–Trinajstić information content (AvgIpc) is 3.10. The second-order valence-corrected chi connectivity index (χ2v) is 6.97. The molecule has 0 radical (unpaired) electrons. The zero-order valence-corrected chi connectivity index (χ0v) is 14.9. The third-order valence-corrected chi connectivity index (χ3v) is 4.94. The number of benzene rings is 1. The highest BCUT2D eigenvalue weighted by molar-refractivity contribution is 5.97. The molecule has 1 aromatic heterocycles. The van der Waals surface area contributed by atoms with Crippen molar-refractivity contribution in [1.29, 1.82) is 0 Å². The molecule has 1 aliphatic heterocycles. The topological polar surface area (TPSA) is 38.1 Å². The molecule has 1 saturated heterocycles. The van der Waals surface area contributed by atoms with Gasteiger partial charge in [-0.15, -0.1) is 0 Å². The average molecular weight is 325 g/mol. The lowest BCUT2D eigenvalue weighted by atomic mass is 10.00. The van der Waals surface area contributed by atoms with Gasteiger partial charge in [-0.3, -0.25) is 9.48 Å². The maximum Gasteiger partial charge on any atom is 0.165 e. The summed E-state index contributed by atoms with van der Waals surface area (Å²) in [5, 5.41) is 4.52. The maximum absolute atomic E-state index is 12.0. The van der Waals surface area contributed by atoms with Crippen LogP contribution in [0.25, 0.3) is 0 Å². The van der Waals surface area contributed by atoms with E-state index in [9.17, 15) is 4.79 Å². The summed E-state index contributed by atoms with van der Waals surface area (Å²) in [5.41, 5.74) is 3.33. The van der Waals surface area contributed by atoms with E-state index in [2.05, 4.69) is 39.9 Å². The van der Waals surface area contributed by atoms with E-state index in [1.807, 2.05) is 32.2 Å². The highest BCUT2D eigenvalue weighted by Crippen LogP contribution is 2.27. The van der Waals surface area contributed by atoms with E-state index >= 15 is 0 Å². The number of hydrogen-bond donors (Lipinski definition) is 0. The Bertz CT molecular complexity index is 679. The van der Waals surface area contributed by atoms with Gasteiger partial charge in [0.25, 0.3) is 0 Å². The first-order valence-corrected chi connectivity index (χ1v) is 9.00. The molecule has 2 heterocycles. The molecule has 0 bridgehead atoms. The third-order valence-electron chi connectivity index (χ3n) is 4.94. The van der Waals surface area contributed by atoms with Gasteiger partial charge in [0.2, 0.25) is 0 Å². The lowest BCUT2D eigenvalue weighted by Crippen LogP contribution is -2.34. The van der Waals surface area contributed by atoms with E-state index in [1.165, 1.54) is 11.3 Å². The van der Waals surface area contributed by atoms with Crippen LogP contribution in [-0.2, 0) is 6.42 Å². The summed E-state index contributed by atoms with van der Waals surface area (Å²) < 4.78 is 2.14. The van der Waals surface area contributed by atoms with Crippen molar-refractivity contribution in [2.24, 2.45) is 5.92 Å². The fourth-order valence-corrected chi connectivity index (χ4v) is 3.32. The lowest BCUT2D eigenvalue weighted by Gasteiger charge is -2.33. The normalized spacial score (nSPS) is 15.9. The molecule has 128 valence electrons. The number of piperidine rings is 1. The van der Waals surface area contributed by atoms with Gasteiger partial charge in [-0.1, -0.05) is 20.8 Å². The van der Waals surface area contributed by atoms with Gasteiger partial charge >= 0.3 is 0 Å². The zero-order chi connectivity index (χ0) is 17.1. The molecular formula is C20H27N3O. The molecular weight excluding hydrogens is 298 g/mol. The Morgan fingerprint density at radius 1 is 1.21 bits per heavy atom. The van der Waals surface area contributed by atoms with Crippen molar-refractivity contribution in [1.82, 2.24) is 9.78 Å². The Labute approximate surface area is 144 Å². The summed E-state index contributed by atoms with van der Waals surface area (Å²) in [5.74, 6) is 0.263. The first-order chi connectivity index (χ1) is 11.6. The molecule has 0 saturated carbocycles. The first kappa shape index (κ1) is 16.7. The van der Waals surface area contributed by atoms with Gasteiger partial charge in [0, 0.05) is 36.5 Å². The Balaban J connectivity index is 1.61. The molecule has 0 atom stereocenters. The molecule has 24 heavy (non-hydrogen) atoms. The van der Waals surface area contributed by atoms with Crippen LogP contribution in [0, 0.1) is 5.92 Å². The zero-order valence-electron chi connectivity index (χ0n) is 14.9. The van der Waals surface area contributed by atoms with Crippen molar-refractivity contribution in [2.75, 3.05) is 18.0 Å². The number of carbonyl (C=O) groups excluding carboxylic acids is 1. The molecule has 1 aliphatic rings. The van der Waals surface area contributed by atoms with E-state index in [-0.39, 0.29) is 11.7 Å². The standard InChI is InChI=1S/C20H27N3O/c1-4-16-13-21-23(14-16)19-9-11-22(12-10-19)18-7-5-17(6-8-18)20(24)15(2)3/h5-8,13-15,19H,4,9-12H2,1-3H3. The Morgan fingerprint density at radius 3 is 2.42 bits per heavy atom. The number of nitrogens with zero attached hydrogens (tertiary/aromatic N) is 3. The Morgan fingerprint density at radius 2 is 1.88 bits per heavy atom. The minimum Gasteiger partial charge on any atom is -0.371 e. The number of carbonyl (C=O) groups is 1. The van der Waals surface area contributed by atoms with Gasteiger partial charge in [0.05, 0.1) is 12.2 Å². The highest BCUT2D eigenvalue weighted by Gasteiger charge is 2.21. The number of ketones is 1. The van der Waals surface area contributed by atoms with Crippen LogP contribution < -0.4 is 4.90 Å². The molecule has 1 fully saturated rings. The van der Waals surface area contributed by atoms with Gasteiger partial charge in [-0.25, -0.2) is 0 Å². The predicted molar refractivity (Wildman–Crippen MR) is 97.7 cm³/mol. The van der Waals surface area contributed by atoms with Crippen LogP contribution in [0.3, 0.4) is 0 Å². The number of aryl methyl sites for hydroxylation is 1. The van der Waals surface area contributed by atoms with Crippen molar-refractivity contribution in [3.05, 3.63) is 47.8 Å². The largest absolute Gasteiger partial charge is 0.371 e. The molecule has 0 N–H and O–H groups in total. The Kier molecular flexibility index (Phi) is 5.03. The highest BCUT2D eigenvalue weighted by atomic mass is 16.1. The molecule has 0 aliphatic carbocycles. The maximum atomic E-state index is 12.0. The Hall–Kier alpha value is -2.10. The van der Waals surface area contributed by atoms with Crippen molar-refractivity contribution in [3.8, 4) is 0 Å². The van der Waals surface area contributed by atoms with Gasteiger partial charge in [-0.05, 0) is 49.1 Å². The van der Waals surface area contributed by atoms with E-state index < -0.39 is 0 Å². The van der Waals surface area contributed by atoms with E-state index in [4.69, 9.17) is 0 Å². The minimum atomic E-state index is 0.0497. The molecule has 3 rings (SSSR count). The molecule has 0 spiro atoms.